The molecule has 0 aliphatic heterocycles. The van der Waals surface area contributed by atoms with Crippen LogP contribution >= 0.6 is 0 Å². The summed E-state index contributed by atoms with van der Waals surface area (Å²) in [5, 5.41) is 10.9. The van der Waals surface area contributed by atoms with E-state index in [1.807, 2.05) is 24.3 Å². The van der Waals surface area contributed by atoms with Gasteiger partial charge in [0.05, 0.1) is 15.4 Å². The van der Waals surface area contributed by atoms with Gasteiger partial charge in [0.25, 0.3) is 0 Å². The van der Waals surface area contributed by atoms with Crippen LogP contribution < -0.4 is 0 Å². The van der Waals surface area contributed by atoms with Crippen LogP contribution in [0.25, 0.3) is 21.9 Å². The quantitative estimate of drug-likeness (QED) is 0.476. The molecule has 0 aromatic heterocycles. The van der Waals surface area contributed by atoms with Crippen molar-refractivity contribution >= 4 is 20.6 Å². The van der Waals surface area contributed by atoms with Crippen LogP contribution in [0.5, 0.6) is 0 Å². The average Bonchev–Trinajstić information content (AvgIpc) is 2.73. The van der Waals surface area contributed by atoms with Gasteiger partial charge >= 0.3 is 0 Å². The molecule has 0 bridgehead atoms. The first kappa shape index (κ1) is 17.9. The number of hydrogen-bond donors (Lipinski definition) is 0. The summed E-state index contributed by atoms with van der Waals surface area (Å²) in [7, 11) is -3.80. The molecule has 0 aliphatic rings. The molecule has 0 amide bonds. The Balaban J connectivity index is 1.79. The van der Waals surface area contributed by atoms with Crippen LogP contribution in [-0.4, -0.2) is 8.42 Å². The summed E-state index contributed by atoms with van der Waals surface area (Å²) in [6.45, 7) is 0. The van der Waals surface area contributed by atoms with Crippen molar-refractivity contribution in [2.45, 2.75) is 9.79 Å². The van der Waals surface area contributed by atoms with E-state index in [1.54, 1.807) is 42.5 Å². The first-order valence-corrected chi connectivity index (χ1v) is 10.0. The minimum Gasteiger partial charge on any atom is -0.218 e. The maximum absolute atomic E-state index is 13.1. The Morgan fingerprint density at radius 3 is 2.14 bits per heavy atom. The highest BCUT2D eigenvalue weighted by molar-refractivity contribution is 7.91. The molecule has 0 N–H and O–H groups in total. The van der Waals surface area contributed by atoms with Crippen LogP contribution in [0.1, 0.15) is 5.56 Å². The average molecular weight is 387 g/mol. The summed E-state index contributed by atoms with van der Waals surface area (Å²) < 4.78 is 39.1. The van der Waals surface area contributed by atoms with Gasteiger partial charge in [0, 0.05) is 0 Å². The van der Waals surface area contributed by atoms with E-state index in [0.29, 0.717) is 0 Å². The molecule has 4 rings (SSSR count). The second-order valence-corrected chi connectivity index (χ2v) is 8.26. The molecule has 4 aromatic rings. The Labute approximate surface area is 162 Å². The zero-order chi connectivity index (χ0) is 19.7. The number of fused-ring (bicyclic) bond motifs is 1. The molecular formula is C23H14FNO2S. The van der Waals surface area contributed by atoms with Gasteiger partial charge in [-0.05, 0) is 64.4 Å². The number of nitrogens with zero attached hydrogens (tertiary/aromatic N) is 1. The molecule has 0 saturated heterocycles. The molecule has 0 heterocycles. The summed E-state index contributed by atoms with van der Waals surface area (Å²) in [6.07, 6.45) is 0. The predicted octanol–water partition coefficient (Wildman–Crippen LogP) is 5.35. The number of sulfone groups is 1. The monoisotopic (exact) mass is 387 g/mol. The van der Waals surface area contributed by atoms with Crippen LogP contribution in [0.4, 0.5) is 4.39 Å². The third kappa shape index (κ3) is 3.15. The van der Waals surface area contributed by atoms with Gasteiger partial charge in [-0.25, -0.2) is 12.8 Å². The fraction of sp³-hybridized carbons (Fsp3) is 0. The van der Waals surface area contributed by atoms with Crippen molar-refractivity contribution in [2.24, 2.45) is 0 Å². The molecule has 136 valence electrons. The summed E-state index contributed by atoms with van der Waals surface area (Å²) in [6, 6.07) is 24.8. The minimum absolute atomic E-state index is 0.000202. The van der Waals surface area contributed by atoms with Crippen molar-refractivity contribution in [3.63, 3.8) is 0 Å². The van der Waals surface area contributed by atoms with Crippen LogP contribution in [-0.2, 0) is 9.84 Å². The Bertz CT molecular complexity index is 1340. The van der Waals surface area contributed by atoms with E-state index < -0.39 is 9.84 Å². The van der Waals surface area contributed by atoms with Gasteiger partial charge in [-0.2, -0.15) is 5.26 Å². The zero-order valence-electron chi connectivity index (χ0n) is 14.6. The van der Waals surface area contributed by atoms with Crippen molar-refractivity contribution in [2.75, 3.05) is 0 Å². The fourth-order valence-electron chi connectivity index (χ4n) is 3.13. The lowest BCUT2D eigenvalue weighted by molar-refractivity contribution is 0.596. The van der Waals surface area contributed by atoms with E-state index in [-0.39, 0.29) is 21.2 Å². The van der Waals surface area contributed by atoms with Gasteiger partial charge < -0.3 is 0 Å². The lowest BCUT2D eigenvalue weighted by Crippen LogP contribution is -2.04. The van der Waals surface area contributed by atoms with Crippen LogP contribution in [0.15, 0.2) is 94.7 Å². The number of halogens is 1. The summed E-state index contributed by atoms with van der Waals surface area (Å²) in [5.41, 5.74) is 1.91. The number of hydrogen-bond acceptors (Lipinski definition) is 3. The third-order valence-electron chi connectivity index (χ3n) is 4.60. The molecule has 0 unspecified atom stereocenters. The van der Waals surface area contributed by atoms with Crippen molar-refractivity contribution in [3.8, 4) is 17.2 Å². The van der Waals surface area contributed by atoms with E-state index in [4.69, 9.17) is 0 Å². The molecule has 0 atom stereocenters. The third-order valence-corrected chi connectivity index (χ3v) is 6.41. The van der Waals surface area contributed by atoms with Crippen molar-refractivity contribution in [1.29, 1.82) is 5.26 Å². The van der Waals surface area contributed by atoms with Crippen molar-refractivity contribution < 1.29 is 12.8 Å². The highest BCUT2D eigenvalue weighted by Crippen LogP contribution is 2.29. The Morgan fingerprint density at radius 2 is 1.39 bits per heavy atom. The van der Waals surface area contributed by atoms with Gasteiger partial charge in [0.1, 0.15) is 11.9 Å². The van der Waals surface area contributed by atoms with Crippen LogP contribution in [0.3, 0.4) is 0 Å². The maximum atomic E-state index is 13.1. The SMILES string of the molecule is N#Cc1ccccc1S(=O)(=O)c1ccc2cc(-c3ccc(F)cc3)ccc2c1. The van der Waals surface area contributed by atoms with Crippen molar-refractivity contribution in [3.05, 3.63) is 96.3 Å². The van der Waals surface area contributed by atoms with E-state index in [9.17, 15) is 18.1 Å². The smallest absolute Gasteiger partial charge is 0.207 e. The number of rotatable bonds is 3. The van der Waals surface area contributed by atoms with Gasteiger partial charge in [-0.15, -0.1) is 0 Å². The second-order valence-electron chi connectivity index (χ2n) is 6.34. The lowest BCUT2D eigenvalue weighted by atomic mass is 10.0. The van der Waals surface area contributed by atoms with Gasteiger partial charge in [-0.1, -0.05) is 42.5 Å². The molecule has 0 spiro atoms. The lowest BCUT2D eigenvalue weighted by Gasteiger charge is -2.09. The Morgan fingerprint density at radius 1 is 0.750 bits per heavy atom. The summed E-state index contributed by atoms with van der Waals surface area (Å²) in [4.78, 5) is 0.136. The van der Waals surface area contributed by atoms with Crippen LogP contribution in [0.2, 0.25) is 0 Å². The fourth-order valence-corrected chi connectivity index (χ4v) is 4.58. The van der Waals surface area contributed by atoms with E-state index in [0.717, 1.165) is 21.9 Å². The molecule has 0 radical (unpaired) electrons. The summed E-state index contributed by atoms with van der Waals surface area (Å²) >= 11 is 0. The molecule has 4 aromatic carbocycles. The standard InChI is InChI=1S/C23H14FNO2S/c24-21-10-7-16(8-11-21)17-5-6-19-14-22(12-9-18(19)13-17)28(26,27)23-4-2-1-3-20(23)15-25/h1-14H. The number of benzene rings is 4. The molecule has 0 aliphatic carbocycles. The van der Waals surface area contributed by atoms with Gasteiger partial charge in [0.15, 0.2) is 0 Å². The highest BCUT2D eigenvalue weighted by Gasteiger charge is 2.21. The number of nitriles is 1. The molecule has 0 saturated carbocycles. The maximum Gasteiger partial charge on any atom is 0.207 e. The first-order valence-electron chi connectivity index (χ1n) is 8.53. The predicted molar refractivity (Wildman–Crippen MR) is 106 cm³/mol. The molecule has 5 heteroatoms. The van der Waals surface area contributed by atoms with Crippen LogP contribution in [0, 0.1) is 17.1 Å². The van der Waals surface area contributed by atoms with Gasteiger partial charge in [0.2, 0.25) is 9.84 Å². The molecule has 0 fully saturated rings. The Hall–Kier alpha value is -3.49. The molecule has 3 nitrogen and oxygen atoms in total. The van der Waals surface area contributed by atoms with E-state index in [2.05, 4.69) is 0 Å². The highest BCUT2D eigenvalue weighted by atomic mass is 32.2. The second kappa shape index (κ2) is 6.91. The topological polar surface area (TPSA) is 57.9 Å². The first-order chi connectivity index (χ1) is 13.5. The normalized spacial score (nSPS) is 11.3. The molecular weight excluding hydrogens is 373 g/mol. The largest absolute Gasteiger partial charge is 0.218 e. The summed E-state index contributed by atoms with van der Waals surface area (Å²) in [5.74, 6) is -0.294. The van der Waals surface area contributed by atoms with Crippen molar-refractivity contribution in [1.82, 2.24) is 0 Å². The minimum atomic E-state index is -3.80. The Kier molecular flexibility index (Phi) is 4.42. The van der Waals surface area contributed by atoms with E-state index >= 15 is 0 Å². The van der Waals surface area contributed by atoms with E-state index in [1.165, 1.54) is 24.3 Å². The molecule has 28 heavy (non-hydrogen) atoms. The zero-order valence-corrected chi connectivity index (χ0v) is 15.4. The van der Waals surface area contributed by atoms with Gasteiger partial charge in [-0.3, -0.25) is 0 Å².